The molecule has 24 heavy (non-hydrogen) atoms. The largest absolute Gasteiger partial charge is 0.494 e. The molecule has 1 saturated heterocycles. The molecule has 1 aromatic carbocycles. The number of carbonyl (C=O) groups excluding carboxylic acids is 1. The Morgan fingerprint density at radius 3 is 2.29 bits per heavy atom. The maximum absolute atomic E-state index is 9.60. The van der Waals surface area contributed by atoms with Crippen LogP contribution in [0.5, 0.6) is 5.75 Å². The summed E-state index contributed by atoms with van der Waals surface area (Å²) in [5, 5.41) is 3.35. The molecule has 0 saturated carbocycles. The summed E-state index contributed by atoms with van der Waals surface area (Å²) in [6.07, 6.45) is 0.890. The van der Waals surface area contributed by atoms with Gasteiger partial charge in [0.05, 0.1) is 6.61 Å². The third kappa shape index (κ3) is 8.99. The van der Waals surface area contributed by atoms with Gasteiger partial charge in [-0.25, -0.2) is 0 Å². The van der Waals surface area contributed by atoms with E-state index in [2.05, 4.69) is 27.1 Å². The van der Waals surface area contributed by atoms with Crippen molar-refractivity contribution in [1.29, 1.82) is 0 Å². The Labute approximate surface area is 150 Å². The smallest absolute Gasteiger partial charge is 0.293 e. The first kappa shape index (κ1) is 20.6. The topological polar surface area (TPSA) is 50.8 Å². The van der Waals surface area contributed by atoms with Gasteiger partial charge in [0.2, 0.25) is 0 Å². The van der Waals surface area contributed by atoms with Crippen molar-refractivity contribution in [2.24, 2.45) is 0 Å². The number of rotatable bonds is 6. The van der Waals surface area contributed by atoms with Crippen LogP contribution in [-0.2, 0) is 9.53 Å². The molecule has 0 bridgehead atoms. The van der Waals surface area contributed by atoms with Gasteiger partial charge in [-0.2, -0.15) is 0 Å². The summed E-state index contributed by atoms with van der Waals surface area (Å²) in [5.41, 5.74) is 0.957. The number of hydrogen-bond acceptors (Lipinski definition) is 5. The van der Waals surface area contributed by atoms with Crippen LogP contribution in [0.2, 0.25) is 0 Å². The van der Waals surface area contributed by atoms with Crippen LogP contribution in [-0.4, -0.2) is 50.7 Å². The van der Waals surface area contributed by atoms with Crippen molar-refractivity contribution < 1.29 is 14.3 Å². The number of ether oxygens (including phenoxy) is 2. The molecule has 0 radical (unpaired) electrons. The van der Waals surface area contributed by atoms with Crippen LogP contribution in [0.25, 0.3) is 0 Å². The number of anilines is 1. The Morgan fingerprint density at radius 2 is 1.83 bits per heavy atom. The molecule has 1 N–H and O–H groups in total. The molecular weight excluding hydrogens is 328 g/mol. The number of benzene rings is 1. The average Bonchev–Trinajstić information content (AvgIpc) is 2.56. The van der Waals surface area contributed by atoms with Gasteiger partial charge in [0.1, 0.15) is 11.4 Å². The lowest BCUT2D eigenvalue weighted by molar-refractivity contribution is -0.138. The lowest BCUT2D eigenvalue weighted by Gasteiger charge is -2.29. The van der Waals surface area contributed by atoms with E-state index in [4.69, 9.17) is 16.3 Å². The summed E-state index contributed by atoms with van der Waals surface area (Å²) in [4.78, 5) is 12.0. The second-order valence-corrected chi connectivity index (χ2v) is 6.83. The SMILES string of the molecule is CC(C)(C)OC=O.ClCCCOc1ccc(N2CCNCC2)cc1. The Bertz CT molecular complexity index is 454. The minimum atomic E-state index is -0.318. The van der Waals surface area contributed by atoms with E-state index in [0.717, 1.165) is 38.3 Å². The third-order valence-electron chi connectivity index (χ3n) is 3.27. The minimum Gasteiger partial charge on any atom is -0.494 e. The number of halogens is 1. The van der Waals surface area contributed by atoms with Crippen LogP contribution in [0.3, 0.4) is 0 Å². The second-order valence-electron chi connectivity index (χ2n) is 6.45. The first-order valence-electron chi connectivity index (χ1n) is 8.32. The molecular formula is C18H29ClN2O3. The van der Waals surface area contributed by atoms with Crippen LogP contribution in [0.4, 0.5) is 5.69 Å². The minimum absolute atomic E-state index is 0.318. The van der Waals surface area contributed by atoms with Gasteiger partial charge in [-0.05, 0) is 51.5 Å². The fourth-order valence-corrected chi connectivity index (χ4v) is 2.17. The molecule has 0 spiro atoms. The summed E-state index contributed by atoms with van der Waals surface area (Å²) in [7, 11) is 0. The zero-order valence-corrected chi connectivity index (χ0v) is 15.6. The van der Waals surface area contributed by atoms with Crippen molar-refractivity contribution in [3.8, 4) is 5.75 Å². The predicted octanol–water partition coefficient (Wildman–Crippen LogP) is 3.06. The molecule has 1 aliphatic rings. The summed E-state index contributed by atoms with van der Waals surface area (Å²) < 4.78 is 10.1. The third-order valence-corrected chi connectivity index (χ3v) is 3.53. The molecule has 0 aromatic heterocycles. The van der Waals surface area contributed by atoms with Gasteiger partial charge in [-0.1, -0.05) is 0 Å². The van der Waals surface area contributed by atoms with E-state index in [0.29, 0.717) is 19.0 Å². The Hall–Kier alpha value is -1.46. The lowest BCUT2D eigenvalue weighted by atomic mass is 10.2. The van der Waals surface area contributed by atoms with Gasteiger partial charge in [0.15, 0.2) is 0 Å². The summed E-state index contributed by atoms with van der Waals surface area (Å²) in [6, 6.07) is 8.32. The predicted molar refractivity (Wildman–Crippen MR) is 99.3 cm³/mol. The highest BCUT2D eigenvalue weighted by molar-refractivity contribution is 6.17. The molecule has 1 aromatic rings. The Balaban J connectivity index is 0.000000351. The zero-order chi connectivity index (χ0) is 17.8. The Kier molecular flexibility index (Phi) is 9.57. The lowest BCUT2D eigenvalue weighted by Crippen LogP contribution is -2.43. The molecule has 0 atom stereocenters. The van der Waals surface area contributed by atoms with Gasteiger partial charge in [0.25, 0.3) is 6.47 Å². The normalized spacial score (nSPS) is 14.4. The summed E-state index contributed by atoms with van der Waals surface area (Å²) in [6.45, 7) is 10.9. The molecule has 1 fully saturated rings. The molecule has 6 heteroatoms. The van der Waals surface area contributed by atoms with Crippen LogP contribution in [0.15, 0.2) is 24.3 Å². The number of alkyl halides is 1. The summed E-state index contributed by atoms with van der Waals surface area (Å²) >= 11 is 5.60. The van der Waals surface area contributed by atoms with Gasteiger partial charge >= 0.3 is 0 Å². The average molecular weight is 357 g/mol. The number of nitrogens with one attached hydrogen (secondary N) is 1. The van der Waals surface area contributed by atoms with Crippen molar-refractivity contribution in [2.45, 2.75) is 32.8 Å². The van der Waals surface area contributed by atoms with E-state index < -0.39 is 0 Å². The fourth-order valence-electron chi connectivity index (χ4n) is 2.07. The van der Waals surface area contributed by atoms with Crippen LogP contribution < -0.4 is 15.0 Å². The Morgan fingerprint density at radius 1 is 1.21 bits per heavy atom. The van der Waals surface area contributed by atoms with E-state index >= 15 is 0 Å². The van der Waals surface area contributed by atoms with Crippen molar-refractivity contribution in [3.63, 3.8) is 0 Å². The number of carbonyl (C=O) groups is 1. The van der Waals surface area contributed by atoms with Gasteiger partial charge in [-0.3, -0.25) is 4.79 Å². The maximum atomic E-state index is 9.60. The molecule has 2 rings (SSSR count). The van der Waals surface area contributed by atoms with E-state index in [1.807, 2.05) is 32.9 Å². The first-order chi connectivity index (χ1) is 11.5. The molecule has 5 nitrogen and oxygen atoms in total. The maximum Gasteiger partial charge on any atom is 0.293 e. The number of nitrogens with zero attached hydrogens (tertiary/aromatic N) is 1. The van der Waals surface area contributed by atoms with Crippen LogP contribution in [0, 0.1) is 0 Å². The highest BCUT2D eigenvalue weighted by Crippen LogP contribution is 2.19. The van der Waals surface area contributed by atoms with Crippen LogP contribution >= 0.6 is 11.6 Å². The number of hydrogen-bond donors (Lipinski definition) is 1. The highest BCUT2D eigenvalue weighted by Gasteiger charge is 2.10. The molecule has 1 heterocycles. The van der Waals surface area contributed by atoms with Gasteiger partial charge in [0, 0.05) is 37.7 Å². The fraction of sp³-hybridized carbons (Fsp3) is 0.611. The number of piperazine rings is 1. The molecule has 1 aliphatic heterocycles. The zero-order valence-electron chi connectivity index (χ0n) is 14.9. The monoisotopic (exact) mass is 356 g/mol. The molecule has 0 unspecified atom stereocenters. The van der Waals surface area contributed by atoms with E-state index in [1.165, 1.54) is 5.69 Å². The van der Waals surface area contributed by atoms with Gasteiger partial charge in [-0.15, -0.1) is 11.6 Å². The molecule has 0 amide bonds. The van der Waals surface area contributed by atoms with Crippen molar-refractivity contribution in [2.75, 3.05) is 43.6 Å². The molecule has 136 valence electrons. The second kappa shape index (κ2) is 11.2. The van der Waals surface area contributed by atoms with Crippen molar-refractivity contribution in [3.05, 3.63) is 24.3 Å². The van der Waals surface area contributed by atoms with Gasteiger partial charge < -0.3 is 19.7 Å². The standard InChI is InChI=1S/C13H19ClN2O.C5H10O2/c14-6-1-11-17-13-4-2-12(3-5-13)16-9-7-15-8-10-16;1-5(2,3)7-4-6/h2-5,15H,1,6-11H2;4H,1-3H3. The van der Waals surface area contributed by atoms with E-state index in [1.54, 1.807) is 0 Å². The quantitative estimate of drug-likeness (QED) is 0.482. The van der Waals surface area contributed by atoms with E-state index in [-0.39, 0.29) is 5.60 Å². The highest BCUT2D eigenvalue weighted by atomic mass is 35.5. The van der Waals surface area contributed by atoms with Crippen LogP contribution in [0.1, 0.15) is 27.2 Å². The van der Waals surface area contributed by atoms with Crippen molar-refractivity contribution >= 4 is 23.8 Å². The summed E-state index contributed by atoms with van der Waals surface area (Å²) in [5.74, 6) is 1.58. The van der Waals surface area contributed by atoms with E-state index in [9.17, 15) is 4.79 Å². The molecule has 0 aliphatic carbocycles. The first-order valence-corrected chi connectivity index (χ1v) is 8.85. The van der Waals surface area contributed by atoms with Crippen molar-refractivity contribution in [1.82, 2.24) is 5.32 Å².